The Balaban J connectivity index is 1.49. The number of benzene rings is 1. The van der Waals surface area contributed by atoms with E-state index in [0.29, 0.717) is 35.5 Å². The van der Waals surface area contributed by atoms with E-state index in [2.05, 4.69) is 25.4 Å². The summed E-state index contributed by atoms with van der Waals surface area (Å²) in [4.78, 5) is 25.7. The molecule has 3 aromatic heterocycles. The molecule has 1 unspecified atom stereocenters. The van der Waals surface area contributed by atoms with Crippen molar-refractivity contribution in [2.45, 2.75) is 26.3 Å². The van der Waals surface area contributed by atoms with Gasteiger partial charge >= 0.3 is 0 Å². The quantitative estimate of drug-likeness (QED) is 0.436. The van der Waals surface area contributed by atoms with Gasteiger partial charge in [0.1, 0.15) is 17.8 Å². The molecule has 1 atom stereocenters. The van der Waals surface area contributed by atoms with Gasteiger partial charge in [0.25, 0.3) is 11.8 Å². The standard InChI is InChI=1S/C23H24N6O4/c1-5-20-27-23(33-28-20)16-8-9-24-21(11-16)29-12-17(25-13-29)22(30)26-14(2)15-6-7-18(31-3)19(10-15)32-4/h6-14H,5H2,1-4H3,(H,26,30). The first-order valence-corrected chi connectivity index (χ1v) is 10.4. The second-order valence-electron chi connectivity index (χ2n) is 7.25. The van der Waals surface area contributed by atoms with Crippen molar-refractivity contribution in [2.24, 2.45) is 0 Å². The van der Waals surface area contributed by atoms with Gasteiger partial charge in [0.15, 0.2) is 17.3 Å². The summed E-state index contributed by atoms with van der Waals surface area (Å²) in [6.07, 6.45) is 5.48. The van der Waals surface area contributed by atoms with Gasteiger partial charge in [-0.1, -0.05) is 18.1 Å². The highest BCUT2D eigenvalue weighted by Crippen LogP contribution is 2.30. The van der Waals surface area contributed by atoms with Crippen LogP contribution in [0, 0.1) is 0 Å². The van der Waals surface area contributed by atoms with E-state index in [1.165, 1.54) is 6.33 Å². The Labute approximate surface area is 190 Å². The van der Waals surface area contributed by atoms with Crippen LogP contribution in [-0.4, -0.2) is 44.8 Å². The second kappa shape index (κ2) is 9.51. The third-order valence-corrected chi connectivity index (χ3v) is 5.11. The number of amides is 1. The van der Waals surface area contributed by atoms with Crippen molar-refractivity contribution in [3.05, 3.63) is 66.1 Å². The molecule has 10 nitrogen and oxygen atoms in total. The number of imidazole rings is 1. The number of nitrogens with zero attached hydrogens (tertiary/aromatic N) is 5. The number of carbonyl (C=O) groups excluding carboxylic acids is 1. The molecule has 0 radical (unpaired) electrons. The first-order valence-electron chi connectivity index (χ1n) is 10.4. The van der Waals surface area contributed by atoms with Gasteiger partial charge in [-0.2, -0.15) is 4.98 Å². The average molecular weight is 448 g/mol. The molecule has 0 bridgehead atoms. The molecule has 0 aliphatic rings. The summed E-state index contributed by atoms with van der Waals surface area (Å²) >= 11 is 0. The molecule has 4 aromatic rings. The fraction of sp³-hybridized carbons (Fsp3) is 0.261. The van der Waals surface area contributed by atoms with Crippen LogP contribution in [0.4, 0.5) is 0 Å². The van der Waals surface area contributed by atoms with Gasteiger partial charge in [-0.15, -0.1) is 0 Å². The normalized spacial score (nSPS) is 11.8. The first-order chi connectivity index (χ1) is 16.0. The number of rotatable bonds is 8. The Morgan fingerprint density at radius 1 is 1.15 bits per heavy atom. The predicted octanol–water partition coefficient (Wildman–Crippen LogP) is 3.39. The van der Waals surface area contributed by atoms with Crippen molar-refractivity contribution in [2.75, 3.05) is 14.2 Å². The van der Waals surface area contributed by atoms with Crippen LogP contribution in [0.15, 0.2) is 53.6 Å². The topological polar surface area (TPSA) is 117 Å². The predicted molar refractivity (Wildman–Crippen MR) is 119 cm³/mol. The molecule has 0 fully saturated rings. The number of methoxy groups -OCH3 is 2. The Hall–Kier alpha value is -4.21. The minimum atomic E-state index is -0.309. The minimum absolute atomic E-state index is 0.264. The lowest BCUT2D eigenvalue weighted by atomic mass is 10.1. The molecule has 0 spiro atoms. The molecule has 1 N–H and O–H groups in total. The third-order valence-electron chi connectivity index (χ3n) is 5.11. The minimum Gasteiger partial charge on any atom is -0.493 e. The van der Waals surface area contributed by atoms with Crippen LogP contribution in [-0.2, 0) is 6.42 Å². The molecule has 33 heavy (non-hydrogen) atoms. The summed E-state index contributed by atoms with van der Waals surface area (Å²) < 4.78 is 17.6. The van der Waals surface area contributed by atoms with Crippen LogP contribution >= 0.6 is 0 Å². The highest BCUT2D eigenvalue weighted by atomic mass is 16.5. The van der Waals surface area contributed by atoms with Gasteiger partial charge in [0.05, 0.1) is 20.3 Å². The molecule has 170 valence electrons. The zero-order valence-corrected chi connectivity index (χ0v) is 18.8. The molecular formula is C23H24N6O4. The van der Waals surface area contributed by atoms with Gasteiger partial charge in [-0.3, -0.25) is 9.36 Å². The zero-order chi connectivity index (χ0) is 23.4. The molecule has 1 aromatic carbocycles. The monoisotopic (exact) mass is 448 g/mol. The van der Waals surface area contributed by atoms with E-state index in [-0.39, 0.29) is 17.6 Å². The van der Waals surface area contributed by atoms with E-state index in [4.69, 9.17) is 14.0 Å². The summed E-state index contributed by atoms with van der Waals surface area (Å²) in [5.41, 5.74) is 1.87. The Morgan fingerprint density at radius 3 is 2.70 bits per heavy atom. The molecule has 0 aliphatic carbocycles. The van der Waals surface area contributed by atoms with Crippen molar-refractivity contribution >= 4 is 5.91 Å². The molecule has 0 aliphatic heterocycles. The number of pyridine rings is 1. The number of aromatic nitrogens is 5. The summed E-state index contributed by atoms with van der Waals surface area (Å²) in [6.45, 7) is 3.84. The Morgan fingerprint density at radius 2 is 1.97 bits per heavy atom. The van der Waals surface area contributed by atoms with Crippen LogP contribution in [0.3, 0.4) is 0 Å². The van der Waals surface area contributed by atoms with Gasteiger partial charge < -0.3 is 19.3 Å². The summed E-state index contributed by atoms with van der Waals surface area (Å²) in [5, 5.41) is 6.87. The van der Waals surface area contributed by atoms with Crippen molar-refractivity contribution in [3.63, 3.8) is 0 Å². The lowest BCUT2D eigenvalue weighted by Crippen LogP contribution is -2.27. The van der Waals surface area contributed by atoms with E-state index < -0.39 is 0 Å². The van der Waals surface area contributed by atoms with Gasteiger partial charge in [0, 0.05) is 24.4 Å². The lowest BCUT2D eigenvalue weighted by molar-refractivity contribution is 0.0935. The van der Waals surface area contributed by atoms with E-state index >= 15 is 0 Å². The van der Waals surface area contributed by atoms with Crippen molar-refractivity contribution in [1.29, 1.82) is 0 Å². The van der Waals surface area contributed by atoms with Crippen molar-refractivity contribution in [3.8, 4) is 28.8 Å². The fourth-order valence-corrected chi connectivity index (χ4v) is 3.25. The molecule has 1 amide bonds. The summed E-state index contributed by atoms with van der Waals surface area (Å²) in [5.74, 6) is 2.53. The van der Waals surface area contributed by atoms with Crippen LogP contribution < -0.4 is 14.8 Å². The molecule has 4 rings (SSSR count). The van der Waals surface area contributed by atoms with Gasteiger partial charge in [-0.25, -0.2) is 9.97 Å². The van der Waals surface area contributed by atoms with Crippen LogP contribution in [0.5, 0.6) is 11.5 Å². The smallest absolute Gasteiger partial charge is 0.271 e. The van der Waals surface area contributed by atoms with Crippen molar-refractivity contribution in [1.82, 2.24) is 30.0 Å². The summed E-state index contributed by atoms with van der Waals surface area (Å²) in [6, 6.07) is 8.82. The highest BCUT2D eigenvalue weighted by molar-refractivity contribution is 5.92. The lowest BCUT2D eigenvalue weighted by Gasteiger charge is -2.16. The van der Waals surface area contributed by atoms with E-state index in [9.17, 15) is 4.79 Å². The highest BCUT2D eigenvalue weighted by Gasteiger charge is 2.17. The zero-order valence-electron chi connectivity index (χ0n) is 18.8. The number of hydrogen-bond acceptors (Lipinski definition) is 8. The fourth-order valence-electron chi connectivity index (χ4n) is 3.25. The number of ether oxygens (including phenoxy) is 2. The van der Waals surface area contributed by atoms with Crippen molar-refractivity contribution < 1.29 is 18.8 Å². The van der Waals surface area contributed by atoms with Crippen LogP contribution in [0.1, 0.15) is 41.8 Å². The number of hydrogen-bond donors (Lipinski definition) is 1. The maximum atomic E-state index is 12.8. The molecule has 0 saturated carbocycles. The van der Waals surface area contributed by atoms with Crippen LogP contribution in [0.25, 0.3) is 17.3 Å². The van der Waals surface area contributed by atoms with Crippen LogP contribution in [0.2, 0.25) is 0 Å². The largest absolute Gasteiger partial charge is 0.493 e. The molecule has 0 saturated heterocycles. The molecular weight excluding hydrogens is 424 g/mol. The maximum absolute atomic E-state index is 12.8. The molecule has 10 heteroatoms. The SMILES string of the molecule is CCc1noc(-c2ccnc(-n3cnc(C(=O)NC(C)c4ccc(OC)c(OC)c4)c3)c2)n1. The Kier molecular flexibility index (Phi) is 6.34. The third kappa shape index (κ3) is 4.69. The van der Waals surface area contributed by atoms with E-state index in [0.717, 1.165) is 11.1 Å². The first kappa shape index (κ1) is 22.0. The maximum Gasteiger partial charge on any atom is 0.271 e. The average Bonchev–Trinajstić information content (AvgIpc) is 3.54. The van der Waals surface area contributed by atoms with Gasteiger partial charge in [0.2, 0.25) is 0 Å². The van der Waals surface area contributed by atoms with E-state index in [1.54, 1.807) is 49.4 Å². The second-order valence-corrected chi connectivity index (χ2v) is 7.25. The van der Waals surface area contributed by atoms with E-state index in [1.807, 2.05) is 26.0 Å². The summed E-state index contributed by atoms with van der Waals surface area (Å²) in [7, 11) is 3.15. The number of carbonyl (C=O) groups is 1. The number of nitrogens with one attached hydrogen (secondary N) is 1. The van der Waals surface area contributed by atoms with Gasteiger partial charge in [-0.05, 0) is 36.8 Å². The molecule has 3 heterocycles. The number of aryl methyl sites for hydroxylation is 1. The Bertz CT molecular complexity index is 1270.